The SMILES string of the molecule is CN(C)c1ccc(-c2cc3ncccc3c(OCCCCO)n2)cc1.O=C(O)C(F)(F)F. The molecule has 0 radical (unpaired) electrons. The normalized spacial score (nSPS) is 10.9. The van der Waals surface area contributed by atoms with Crippen LogP contribution in [0.2, 0.25) is 0 Å². The molecule has 0 aliphatic carbocycles. The number of halogens is 3. The van der Waals surface area contributed by atoms with Crippen LogP contribution in [0.3, 0.4) is 0 Å². The van der Waals surface area contributed by atoms with Gasteiger partial charge in [0.1, 0.15) is 0 Å². The third-order valence-corrected chi connectivity index (χ3v) is 4.28. The van der Waals surface area contributed by atoms with Crippen LogP contribution in [0.25, 0.3) is 22.2 Å². The number of hydrogen-bond donors (Lipinski definition) is 2. The number of fused-ring (bicyclic) bond motifs is 1. The second kappa shape index (κ2) is 11.3. The molecule has 0 spiro atoms. The number of anilines is 1. The molecule has 2 aromatic heterocycles. The quantitative estimate of drug-likeness (QED) is 0.521. The topological polar surface area (TPSA) is 95.8 Å². The molecule has 3 aromatic rings. The number of hydrogen-bond acceptors (Lipinski definition) is 6. The number of carbonyl (C=O) groups is 1. The molecule has 0 unspecified atom stereocenters. The molecule has 0 saturated heterocycles. The first-order valence-corrected chi connectivity index (χ1v) is 9.70. The fourth-order valence-corrected chi connectivity index (χ4v) is 2.62. The van der Waals surface area contributed by atoms with E-state index in [0.29, 0.717) is 12.5 Å². The summed E-state index contributed by atoms with van der Waals surface area (Å²) in [7, 11) is 4.04. The highest BCUT2D eigenvalue weighted by molar-refractivity contribution is 5.87. The molecule has 2 heterocycles. The molecule has 2 N–H and O–H groups in total. The molecular formula is C22H24F3N3O4. The van der Waals surface area contributed by atoms with Gasteiger partial charge in [-0.05, 0) is 43.2 Å². The Kier molecular flexibility index (Phi) is 8.77. The Morgan fingerprint density at radius 2 is 1.78 bits per heavy atom. The minimum absolute atomic E-state index is 0.178. The number of carboxylic acid groups (broad SMARTS) is 1. The number of aliphatic hydroxyl groups excluding tert-OH is 1. The fraction of sp³-hybridized carbons (Fsp3) is 0.318. The van der Waals surface area contributed by atoms with Crippen molar-refractivity contribution in [1.29, 1.82) is 0 Å². The Balaban J connectivity index is 0.000000451. The van der Waals surface area contributed by atoms with E-state index < -0.39 is 12.1 Å². The number of aromatic nitrogens is 2. The van der Waals surface area contributed by atoms with E-state index in [1.165, 1.54) is 0 Å². The van der Waals surface area contributed by atoms with Crippen molar-refractivity contribution in [3.05, 3.63) is 48.7 Å². The van der Waals surface area contributed by atoms with Gasteiger partial charge in [0.05, 0.1) is 23.2 Å². The van der Waals surface area contributed by atoms with Crippen LogP contribution in [-0.2, 0) is 4.79 Å². The lowest BCUT2D eigenvalue weighted by Gasteiger charge is -2.13. The molecular weight excluding hydrogens is 427 g/mol. The molecule has 0 amide bonds. The van der Waals surface area contributed by atoms with E-state index in [1.807, 2.05) is 32.3 Å². The smallest absolute Gasteiger partial charge is 0.477 e. The number of pyridine rings is 2. The van der Waals surface area contributed by atoms with E-state index in [1.54, 1.807) is 6.20 Å². The van der Waals surface area contributed by atoms with E-state index in [-0.39, 0.29) is 6.61 Å². The highest BCUT2D eigenvalue weighted by atomic mass is 19.4. The second-order valence-electron chi connectivity index (χ2n) is 6.91. The molecule has 0 atom stereocenters. The predicted molar refractivity (Wildman–Crippen MR) is 115 cm³/mol. The average molecular weight is 451 g/mol. The summed E-state index contributed by atoms with van der Waals surface area (Å²) in [6, 6.07) is 14.1. The summed E-state index contributed by atoms with van der Waals surface area (Å²) in [5.74, 6) is -2.16. The third kappa shape index (κ3) is 7.09. The van der Waals surface area contributed by atoms with Crippen molar-refractivity contribution in [3.63, 3.8) is 0 Å². The number of nitrogens with zero attached hydrogens (tertiary/aromatic N) is 3. The Labute approximate surface area is 183 Å². The van der Waals surface area contributed by atoms with E-state index in [4.69, 9.17) is 24.7 Å². The number of ether oxygens (including phenoxy) is 1. The largest absolute Gasteiger partial charge is 0.490 e. The van der Waals surface area contributed by atoms with Gasteiger partial charge in [-0.2, -0.15) is 13.2 Å². The monoisotopic (exact) mass is 451 g/mol. The lowest BCUT2D eigenvalue weighted by molar-refractivity contribution is -0.192. The minimum atomic E-state index is -5.08. The Morgan fingerprint density at radius 3 is 2.34 bits per heavy atom. The van der Waals surface area contributed by atoms with Gasteiger partial charge < -0.3 is 19.8 Å². The maximum atomic E-state index is 10.6. The zero-order valence-corrected chi connectivity index (χ0v) is 17.6. The maximum Gasteiger partial charge on any atom is 0.490 e. The van der Waals surface area contributed by atoms with E-state index in [9.17, 15) is 13.2 Å². The zero-order chi connectivity index (χ0) is 23.7. The first kappa shape index (κ1) is 24.9. The van der Waals surface area contributed by atoms with Crippen molar-refractivity contribution in [2.75, 3.05) is 32.2 Å². The van der Waals surface area contributed by atoms with Crippen molar-refractivity contribution >= 4 is 22.6 Å². The lowest BCUT2D eigenvalue weighted by atomic mass is 10.1. The van der Waals surface area contributed by atoms with Crippen molar-refractivity contribution in [2.24, 2.45) is 0 Å². The summed E-state index contributed by atoms with van der Waals surface area (Å²) < 4.78 is 37.6. The van der Waals surface area contributed by atoms with E-state index >= 15 is 0 Å². The highest BCUT2D eigenvalue weighted by Crippen LogP contribution is 2.29. The maximum absolute atomic E-state index is 10.6. The summed E-state index contributed by atoms with van der Waals surface area (Å²) >= 11 is 0. The molecule has 0 fully saturated rings. The van der Waals surface area contributed by atoms with Gasteiger partial charge in [0.2, 0.25) is 5.88 Å². The van der Waals surface area contributed by atoms with Crippen LogP contribution in [0.15, 0.2) is 48.7 Å². The van der Waals surface area contributed by atoms with Crippen LogP contribution in [0, 0.1) is 0 Å². The van der Waals surface area contributed by atoms with Crippen molar-refractivity contribution < 1.29 is 32.9 Å². The summed E-state index contributed by atoms with van der Waals surface area (Å²) in [5.41, 5.74) is 3.87. The molecule has 7 nitrogen and oxygen atoms in total. The van der Waals surface area contributed by atoms with Gasteiger partial charge >= 0.3 is 12.1 Å². The van der Waals surface area contributed by atoms with Crippen LogP contribution in [0.1, 0.15) is 12.8 Å². The van der Waals surface area contributed by atoms with Gasteiger partial charge in [0, 0.05) is 38.1 Å². The fourth-order valence-electron chi connectivity index (χ4n) is 2.62. The van der Waals surface area contributed by atoms with Gasteiger partial charge in [-0.25, -0.2) is 9.78 Å². The summed E-state index contributed by atoms with van der Waals surface area (Å²) in [4.78, 5) is 20.1. The molecule has 0 saturated carbocycles. The number of aliphatic carboxylic acids is 1. The number of rotatable bonds is 7. The molecule has 3 rings (SSSR count). The Bertz CT molecular complexity index is 1030. The van der Waals surface area contributed by atoms with Gasteiger partial charge in [-0.15, -0.1) is 0 Å². The number of benzene rings is 1. The molecule has 172 valence electrons. The number of unbranched alkanes of at least 4 members (excludes halogenated alkanes) is 1. The first-order chi connectivity index (χ1) is 15.1. The first-order valence-electron chi connectivity index (χ1n) is 9.70. The number of alkyl halides is 3. The predicted octanol–water partition coefficient (Wildman–Crippen LogP) is 4.15. The molecule has 0 aliphatic rings. The lowest BCUT2D eigenvalue weighted by Crippen LogP contribution is -2.21. The van der Waals surface area contributed by atoms with Crippen LogP contribution in [0.5, 0.6) is 5.88 Å². The summed E-state index contributed by atoms with van der Waals surface area (Å²) in [5, 5.41) is 16.9. The van der Waals surface area contributed by atoms with Crippen LogP contribution < -0.4 is 9.64 Å². The second-order valence-corrected chi connectivity index (χ2v) is 6.91. The number of carboxylic acids is 1. The molecule has 0 aliphatic heterocycles. The molecule has 10 heteroatoms. The van der Waals surface area contributed by atoms with Gasteiger partial charge in [0.15, 0.2) is 0 Å². The van der Waals surface area contributed by atoms with Crippen molar-refractivity contribution in [3.8, 4) is 17.1 Å². The Morgan fingerprint density at radius 1 is 1.12 bits per heavy atom. The average Bonchev–Trinajstić information content (AvgIpc) is 2.76. The van der Waals surface area contributed by atoms with Gasteiger partial charge in [-0.1, -0.05) is 12.1 Å². The van der Waals surface area contributed by atoms with Crippen molar-refractivity contribution in [2.45, 2.75) is 19.0 Å². The molecule has 0 bridgehead atoms. The molecule has 1 aromatic carbocycles. The molecule has 32 heavy (non-hydrogen) atoms. The van der Waals surface area contributed by atoms with Crippen molar-refractivity contribution in [1.82, 2.24) is 9.97 Å². The number of aliphatic hydroxyl groups is 1. The van der Waals surface area contributed by atoms with Crippen LogP contribution >= 0.6 is 0 Å². The standard InChI is InChI=1S/C20H23N3O2.C2HF3O2/c1-23(2)16-9-7-15(8-10-16)18-14-19-17(6-5-11-21-19)20(22-18)25-13-4-3-12-24;3-2(4,5)1(6)7/h5-11,14,24H,3-4,12-13H2,1-2H3;(H,6,7). The minimum Gasteiger partial charge on any atom is -0.477 e. The third-order valence-electron chi connectivity index (χ3n) is 4.28. The van der Waals surface area contributed by atoms with Gasteiger partial charge in [-0.3, -0.25) is 4.98 Å². The summed E-state index contributed by atoms with van der Waals surface area (Å²) in [6.45, 7) is 0.706. The summed E-state index contributed by atoms with van der Waals surface area (Å²) in [6.07, 6.45) is -1.79. The zero-order valence-electron chi connectivity index (χ0n) is 17.6. The van der Waals surface area contributed by atoms with Gasteiger partial charge in [0.25, 0.3) is 0 Å². The van der Waals surface area contributed by atoms with Crippen LogP contribution in [-0.4, -0.2) is 59.6 Å². The van der Waals surface area contributed by atoms with E-state index in [0.717, 1.165) is 40.7 Å². The van der Waals surface area contributed by atoms with E-state index in [2.05, 4.69) is 34.1 Å². The Hall–Kier alpha value is -3.40. The van der Waals surface area contributed by atoms with Crippen LogP contribution in [0.4, 0.5) is 18.9 Å². The highest BCUT2D eigenvalue weighted by Gasteiger charge is 2.38.